The fourth-order valence-corrected chi connectivity index (χ4v) is 1.86. The predicted octanol–water partition coefficient (Wildman–Crippen LogP) is 0.424. The summed E-state index contributed by atoms with van der Waals surface area (Å²) in [7, 11) is 0. The van der Waals surface area contributed by atoms with Crippen LogP contribution in [0, 0.1) is 0 Å². The summed E-state index contributed by atoms with van der Waals surface area (Å²) in [4.78, 5) is 14.1. The molecule has 4 nitrogen and oxygen atoms in total. The second kappa shape index (κ2) is 3.84. The van der Waals surface area contributed by atoms with Crippen LogP contribution in [0.2, 0.25) is 0 Å². The van der Waals surface area contributed by atoms with Crippen LogP contribution in [0.15, 0.2) is 16.9 Å². The Hall–Kier alpha value is -1.29. The Kier molecular flexibility index (Phi) is 2.54. The monoisotopic (exact) mass is 193 g/mol. The van der Waals surface area contributed by atoms with Crippen molar-refractivity contribution in [1.29, 1.82) is 0 Å². The van der Waals surface area contributed by atoms with Crippen LogP contribution in [-0.4, -0.2) is 18.1 Å². The second-order valence-corrected chi connectivity index (χ2v) is 3.74. The third-order valence-electron chi connectivity index (χ3n) is 2.70. The van der Waals surface area contributed by atoms with Crippen molar-refractivity contribution < 1.29 is 0 Å². The first-order valence-corrected chi connectivity index (χ1v) is 4.97. The smallest absolute Gasteiger partial charge is 0.271 e. The molecule has 1 aromatic heterocycles. The molecule has 14 heavy (non-hydrogen) atoms. The Balaban J connectivity index is 2.23. The number of rotatable bonds is 1. The van der Waals surface area contributed by atoms with E-state index in [9.17, 15) is 4.79 Å². The van der Waals surface area contributed by atoms with E-state index in [1.807, 2.05) is 6.07 Å². The first-order chi connectivity index (χ1) is 6.77. The fourth-order valence-electron chi connectivity index (χ4n) is 1.86. The number of pyridine rings is 1. The average Bonchev–Trinajstić information content (AvgIpc) is 2.23. The molecule has 1 fully saturated rings. The number of piperidine rings is 1. The van der Waals surface area contributed by atoms with E-state index in [0.29, 0.717) is 5.92 Å². The van der Waals surface area contributed by atoms with Gasteiger partial charge in [0, 0.05) is 18.2 Å². The molecule has 76 valence electrons. The van der Waals surface area contributed by atoms with Crippen molar-refractivity contribution in [3.05, 3.63) is 28.2 Å². The fraction of sp³-hybridized carbons (Fsp3) is 0.500. The Morgan fingerprint density at radius 3 is 2.93 bits per heavy atom. The molecule has 2 heterocycles. The summed E-state index contributed by atoms with van der Waals surface area (Å²) in [6.07, 6.45) is 2.30. The number of hydrogen-bond donors (Lipinski definition) is 3. The summed E-state index contributed by atoms with van der Waals surface area (Å²) in [6, 6.07) is 3.59. The maximum absolute atomic E-state index is 11.3. The third kappa shape index (κ3) is 1.80. The van der Waals surface area contributed by atoms with Gasteiger partial charge in [0.2, 0.25) is 0 Å². The van der Waals surface area contributed by atoms with E-state index in [4.69, 9.17) is 5.73 Å². The van der Waals surface area contributed by atoms with Crippen LogP contribution in [0.3, 0.4) is 0 Å². The largest absolute Gasteiger partial charge is 0.394 e. The van der Waals surface area contributed by atoms with Gasteiger partial charge in [0.05, 0.1) is 5.69 Å². The third-order valence-corrected chi connectivity index (χ3v) is 2.70. The first-order valence-electron chi connectivity index (χ1n) is 4.97. The van der Waals surface area contributed by atoms with E-state index < -0.39 is 0 Å². The number of aromatic amines is 1. The Morgan fingerprint density at radius 1 is 1.43 bits per heavy atom. The van der Waals surface area contributed by atoms with Gasteiger partial charge in [0.25, 0.3) is 5.56 Å². The zero-order valence-corrected chi connectivity index (χ0v) is 8.05. The van der Waals surface area contributed by atoms with Gasteiger partial charge < -0.3 is 16.0 Å². The second-order valence-electron chi connectivity index (χ2n) is 3.74. The lowest BCUT2D eigenvalue weighted by molar-refractivity contribution is 0.454. The van der Waals surface area contributed by atoms with Crippen molar-refractivity contribution >= 4 is 5.69 Å². The van der Waals surface area contributed by atoms with E-state index in [2.05, 4.69) is 10.3 Å². The van der Waals surface area contributed by atoms with Gasteiger partial charge >= 0.3 is 0 Å². The number of anilines is 1. The Labute approximate surface area is 82.5 Å². The lowest BCUT2D eigenvalue weighted by Crippen LogP contribution is -2.30. The minimum Gasteiger partial charge on any atom is -0.394 e. The molecule has 0 amide bonds. The van der Waals surface area contributed by atoms with Crippen molar-refractivity contribution in [3.8, 4) is 0 Å². The van der Waals surface area contributed by atoms with Crippen LogP contribution < -0.4 is 16.6 Å². The molecule has 1 saturated heterocycles. The van der Waals surface area contributed by atoms with Crippen molar-refractivity contribution in [3.63, 3.8) is 0 Å². The van der Waals surface area contributed by atoms with E-state index >= 15 is 0 Å². The van der Waals surface area contributed by atoms with Gasteiger partial charge in [-0.3, -0.25) is 4.79 Å². The van der Waals surface area contributed by atoms with Gasteiger partial charge in [-0.25, -0.2) is 0 Å². The summed E-state index contributed by atoms with van der Waals surface area (Å²) < 4.78 is 0. The highest BCUT2D eigenvalue weighted by Gasteiger charge is 2.15. The first kappa shape index (κ1) is 9.27. The van der Waals surface area contributed by atoms with Gasteiger partial charge in [0.15, 0.2) is 0 Å². The lowest BCUT2D eigenvalue weighted by Gasteiger charge is -2.22. The molecule has 0 radical (unpaired) electrons. The number of nitrogen functional groups attached to an aromatic ring is 1. The Bertz CT molecular complexity index is 366. The quantitative estimate of drug-likeness (QED) is 0.605. The van der Waals surface area contributed by atoms with E-state index in [1.165, 1.54) is 0 Å². The molecular formula is C10H15N3O. The maximum atomic E-state index is 11.3. The molecule has 0 aromatic carbocycles. The number of hydrogen-bond acceptors (Lipinski definition) is 3. The molecule has 1 unspecified atom stereocenters. The van der Waals surface area contributed by atoms with Crippen molar-refractivity contribution in [2.45, 2.75) is 18.8 Å². The number of nitrogens with two attached hydrogens (primary N) is 1. The highest BCUT2D eigenvalue weighted by atomic mass is 16.1. The van der Waals surface area contributed by atoms with Gasteiger partial charge in [-0.15, -0.1) is 0 Å². The highest BCUT2D eigenvalue weighted by Crippen LogP contribution is 2.20. The lowest BCUT2D eigenvalue weighted by atomic mass is 9.96. The SMILES string of the molecule is Nc1ccc(C2CCCNC2)[nH]c1=O. The van der Waals surface area contributed by atoms with Crippen LogP contribution in [0.4, 0.5) is 5.69 Å². The number of H-pyrrole nitrogens is 1. The zero-order valence-electron chi connectivity index (χ0n) is 8.05. The topological polar surface area (TPSA) is 70.9 Å². The molecule has 0 bridgehead atoms. The van der Waals surface area contributed by atoms with Crippen LogP contribution in [0.1, 0.15) is 24.5 Å². The van der Waals surface area contributed by atoms with Crippen LogP contribution >= 0.6 is 0 Å². The van der Waals surface area contributed by atoms with Crippen molar-refractivity contribution in [2.24, 2.45) is 0 Å². The van der Waals surface area contributed by atoms with Crippen LogP contribution in [0.5, 0.6) is 0 Å². The molecular weight excluding hydrogens is 178 g/mol. The zero-order chi connectivity index (χ0) is 9.97. The molecule has 1 atom stereocenters. The number of nitrogens with one attached hydrogen (secondary N) is 2. The maximum Gasteiger partial charge on any atom is 0.271 e. The summed E-state index contributed by atoms with van der Waals surface area (Å²) in [6.45, 7) is 2.02. The number of aromatic nitrogens is 1. The molecule has 2 rings (SSSR count). The summed E-state index contributed by atoms with van der Waals surface area (Å²) >= 11 is 0. The molecule has 1 aliphatic rings. The molecule has 0 spiro atoms. The van der Waals surface area contributed by atoms with Gasteiger partial charge in [-0.1, -0.05) is 0 Å². The molecule has 4 N–H and O–H groups in total. The van der Waals surface area contributed by atoms with E-state index in [0.717, 1.165) is 31.6 Å². The van der Waals surface area contributed by atoms with Gasteiger partial charge in [-0.05, 0) is 31.5 Å². The minimum absolute atomic E-state index is 0.173. The van der Waals surface area contributed by atoms with Crippen molar-refractivity contribution in [1.82, 2.24) is 10.3 Å². The summed E-state index contributed by atoms with van der Waals surface area (Å²) in [5.41, 5.74) is 6.57. The van der Waals surface area contributed by atoms with Crippen LogP contribution in [0.25, 0.3) is 0 Å². The minimum atomic E-state index is -0.173. The molecule has 1 aromatic rings. The average molecular weight is 193 g/mol. The van der Waals surface area contributed by atoms with Gasteiger partial charge in [-0.2, -0.15) is 0 Å². The van der Waals surface area contributed by atoms with E-state index in [-0.39, 0.29) is 11.2 Å². The standard InChI is InChI=1S/C10H15N3O/c11-8-3-4-9(13-10(8)14)7-2-1-5-12-6-7/h3-4,7,12H,1-2,5-6,11H2,(H,13,14). The van der Waals surface area contributed by atoms with Gasteiger partial charge in [0.1, 0.15) is 0 Å². The van der Waals surface area contributed by atoms with E-state index in [1.54, 1.807) is 6.07 Å². The molecule has 4 heteroatoms. The summed E-state index contributed by atoms with van der Waals surface area (Å²) in [5.74, 6) is 0.428. The van der Waals surface area contributed by atoms with Crippen LogP contribution in [-0.2, 0) is 0 Å². The molecule has 0 aliphatic carbocycles. The predicted molar refractivity (Wildman–Crippen MR) is 56.3 cm³/mol. The molecule has 1 aliphatic heterocycles. The highest BCUT2D eigenvalue weighted by molar-refractivity contribution is 5.35. The summed E-state index contributed by atoms with van der Waals surface area (Å²) in [5, 5.41) is 3.31. The normalized spacial score (nSPS) is 22.1. The Morgan fingerprint density at radius 2 is 2.29 bits per heavy atom. The molecule has 0 saturated carbocycles. The van der Waals surface area contributed by atoms with Crippen molar-refractivity contribution in [2.75, 3.05) is 18.8 Å².